The lowest BCUT2D eigenvalue weighted by Gasteiger charge is -2.48. The van der Waals surface area contributed by atoms with Crippen LogP contribution in [0, 0.1) is 5.92 Å². The molecule has 0 bridgehead atoms. The third-order valence-corrected chi connectivity index (χ3v) is 6.11. The fourth-order valence-corrected chi connectivity index (χ4v) is 4.66. The molecule has 0 atom stereocenters. The van der Waals surface area contributed by atoms with Crippen LogP contribution in [-0.2, 0) is 4.79 Å². The Bertz CT molecular complexity index is 359. The summed E-state index contributed by atoms with van der Waals surface area (Å²) in [4.78, 5) is 15.2. The van der Waals surface area contributed by atoms with Crippen LogP contribution in [0.1, 0.15) is 64.2 Å². The molecule has 3 rings (SSSR count). The van der Waals surface area contributed by atoms with Gasteiger partial charge in [0.15, 0.2) is 0 Å². The van der Waals surface area contributed by atoms with E-state index in [2.05, 4.69) is 15.5 Å². The zero-order chi connectivity index (χ0) is 15.3. The standard InChI is InChI=1S/C18H33N3O.ClH/c22-17(16-7-11-19-12-8-16)20-15-18(9-3-1-4-10-18)21-13-5-2-6-14-21;/h16,19H,1-15H2,(H,20,22);1H. The van der Waals surface area contributed by atoms with E-state index < -0.39 is 0 Å². The molecule has 0 aromatic carbocycles. The zero-order valence-corrected chi connectivity index (χ0v) is 15.3. The molecule has 0 spiro atoms. The molecule has 1 aliphatic carbocycles. The van der Waals surface area contributed by atoms with Gasteiger partial charge >= 0.3 is 0 Å². The van der Waals surface area contributed by atoms with Gasteiger partial charge in [-0.3, -0.25) is 9.69 Å². The van der Waals surface area contributed by atoms with Gasteiger partial charge < -0.3 is 10.6 Å². The van der Waals surface area contributed by atoms with E-state index in [-0.39, 0.29) is 23.9 Å². The van der Waals surface area contributed by atoms with Crippen LogP contribution in [0.2, 0.25) is 0 Å². The summed E-state index contributed by atoms with van der Waals surface area (Å²) in [6.07, 6.45) is 12.7. The van der Waals surface area contributed by atoms with Crippen molar-refractivity contribution in [2.45, 2.75) is 69.7 Å². The molecule has 2 heterocycles. The van der Waals surface area contributed by atoms with E-state index >= 15 is 0 Å². The van der Waals surface area contributed by atoms with Gasteiger partial charge in [-0.05, 0) is 64.7 Å². The molecule has 0 aromatic rings. The van der Waals surface area contributed by atoms with E-state index in [9.17, 15) is 4.79 Å². The number of rotatable bonds is 4. The lowest BCUT2D eigenvalue weighted by molar-refractivity contribution is -0.126. The molecular weight excluding hydrogens is 310 g/mol. The average Bonchev–Trinajstić information content (AvgIpc) is 2.62. The third-order valence-electron chi connectivity index (χ3n) is 6.11. The van der Waals surface area contributed by atoms with Crippen LogP contribution >= 0.6 is 12.4 Å². The van der Waals surface area contributed by atoms with Crippen molar-refractivity contribution < 1.29 is 4.79 Å². The Morgan fingerprint density at radius 1 is 1.00 bits per heavy atom. The summed E-state index contributed by atoms with van der Waals surface area (Å²) < 4.78 is 0. The highest BCUT2D eigenvalue weighted by molar-refractivity contribution is 5.85. The van der Waals surface area contributed by atoms with Crippen LogP contribution < -0.4 is 10.6 Å². The molecule has 3 fully saturated rings. The van der Waals surface area contributed by atoms with Crippen LogP contribution in [0.5, 0.6) is 0 Å². The molecular formula is C18H34ClN3O. The number of amides is 1. The van der Waals surface area contributed by atoms with E-state index in [0.29, 0.717) is 5.91 Å². The van der Waals surface area contributed by atoms with E-state index in [0.717, 1.165) is 32.5 Å². The molecule has 0 unspecified atom stereocenters. The van der Waals surface area contributed by atoms with Gasteiger partial charge in [0.25, 0.3) is 0 Å². The summed E-state index contributed by atoms with van der Waals surface area (Å²) in [6.45, 7) is 5.35. The number of likely N-dealkylation sites (tertiary alicyclic amines) is 1. The summed E-state index contributed by atoms with van der Waals surface area (Å²) in [5.41, 5.74) is 0.265. The molecule has 0 aromatic heterocycles. The number of nitrogens with zero attached hydrogens (tertiary/aromatic N) is 1. The number of halogens is 1. The first-order valence-corrected chi connectivity index (χ1v) is 9.54. The Labute approximate surface area is 147 Å². The predicted molar refractivity (Wildman–Crippen MR) is 97.1 cm³/mol. The molecule has 0 radical (unpaired) electrons. The molecule has 1 amide bonds. The van der Waals surface area contributed by atoms with Crippen LogP contribution in [-0.4, -0.2) is 49.1 Å². The van der Waals surface area contributed by atoms with Crippen molar-refractivity contribution in [3.63, 3.8) is 0 Å². The van der Waals surface area contributed by atoms with Gasteiger partial charge in [0.1, 0.15) is 0 Å². The molecule has 23 heavy (non-hydrogen) atoms. The number of hydrogen-bond acceptors (Lipinski definition) is 3. The summed E-state index contributed by atoms with van der Waals surface area (Å²) in [5.74, 6) is 0.548. The average molecular weight is 344 g/mol. The molecule has 1 saturated carbocycles. The first-order valence-electron chi connectivity index (χ1n) is 9.54. The molecule has 2 saturated heterocycles. The minimum atomic E-state index is 0. The van der Waals surface area contributed by atoms with Crippen molar-refractivity contribution in [1.29, 1.82) is 0 Å². The Hall–Kier alpha value is -0.320. The maximum absolute atomic E-state index is 12.5. The fourth-order valence-electron chi connectivity index (χ4n) is 4.66. The number of carbonyl (C=O) groups is 1. The molecule has 2 N–H and O–H groups in total. The highest BCUT2D eigenvalue weighted by Gasteiger charge is 2.39. The van der Waals surface area contributed by atoms with E-state index in [4.69, 9.17) is 0 Å². The maximum Gasteiger partial charge on any atom is 0.223 e. The minimum Gasteiger partial charge on any atom is -0.354 e. The van der Waals surface area contributed by atoms with Gasteiger partial charge in [0.05, 0.1) is 0 Å². The largest absolute Gasteiger partial charge is 0.354 e. The number of hydrogen-bond donors (Lipinski definition) is 2. The highest BCUT2D eigenvalue weighted by Crippen LogP contribution is 2.35. The molecule has 5 heteroatoms. The lowest BCUT2D eigenvalue weighted by atomic mass is 9.79. The highest BCUT2D eigenvalue weighted by atomic mass is 35.5. The van der Waals surface area contributed by atoms with Gasteiger partial charge in [-0.1, -0.05) is 25.7 Å². The molecule has 3 aliphatic rings. The number of piperidine rings is 2. The summed E-state index contributed by atoms with van der Waals surface area (Å²) in [7, 11) is 0. The summed E-state index contributed by atoms with van der Waals surface area (Å²) in [6, 6.07) is 0. The first-order chi connectivity index (χ1) is 10.8. The SMILES string of the molecule is Cl.O=C(NCC1(N2CCCCC2)CCCCC1)C1CCNCC1. The Kier molecular flexibility index (Phi) is 7.64. The fraction of sp³-hybridized carbons (Fsp3) is 0.944. The van der Waals surface area contributed by atoms with Crippen LogP contribution in [0.3, 0.4) is 0 Å². The van der Waals surface area contributed by atoms with Crippen molar-refractivity contribution in [2.24, 2.45) is 5.92 Å². The summed E-state index contributed by atoms with van der Waals surface area (Å²) >= 11 is 0. The Morgan fingerprint density at radius 3 is 2.26 bits per heavy atom. The molecule has 4 nitrogen and oxygen atoms in total. The van der Waals surface area contributed by atoms with Crippen LogP contribution in [0.25, 0.3) is 0 Å². The zero-order valence-electron chi connectivity index (χ0n) is 14.4. The smallest absolute Gasteiger partial charge is 0.223 e. The van der Waals surface area contributed by atoms with Crippen molar-refractivity contribution in [1.82, 2.24) is 15.5 Å². The Balaban J connectivity index is 0.00000192. The monoisotopic (exact) mass is 343 g/mol. The van der Waals surface area contributed by atoms with Crippen molar-refractivity contribution in [3.05, 3.63) is 0 Å². The van der Waals surface area contributed by atoms with Crippen molar-refractivity contribution in [2.75, 3.05) is 32.7 Å². The normalized spacial score (nSPS) is 26.3. The maximum atomic E-state index is 12.5. The minimum absolute atomic E-state index is 0. The van der Waals surface area contributed by atoms with Gasteiger partial charge in [0.2, 0.25) is 5.91 Å². The molecule has 2 aliphatic heterocycles. The second kappa shape index (κ2) is 9.24. The van der Waals surface area contributed by atoms with Crippen molar-refractivity contribution in [3.8, 4) is 0 Å². The van der Waals surface area contributed by atoms with Crippen LogP contribution in [0.15, 0.2) is 0 Å². The number of nitrogens with one attached hydrogen (secondary N) is 2. The number of carbonyl (C=O) groups excluding carboxylic acids is 1. The predicted octanol–water partition coefficient (Wildman–Crippen LogP) is 2.71. The van der Waals surface area contributed by atoms with Crippen molar-refractivity contribution >= 4 is 18.3 Å². The quantitative estimate of drug-likeness (QED) is 0.825. The first kappa shape index (κ1) is 19.0. The second-order valence-corrected chi connectivity index (χ2v) is 7.57. The van der Waals surface area contributed by atoms with Gasteiger partial charge in [-0.2, -0.15) is 0 Å². The van der Waals surface area contributed by atoms with Gasteiger partial charge in [-0.25, -0.2) is 0 Å². The van der Waals surface area contributed by atoms with Gasteiger partial charge in [-0.15, -0.1) is 12.4 Å². The van der Waals surface area contributed by atoms with E-state index in [1.54, 1.807) is 0 Å². The van der Waals surface area contributed by atoms with Crippen LogP contribution in [0.4, 0.5) is 0 Å². The van der Waals surface area contributed by atoms with Gasteiger partial charge in [0, 0.05) is 18.0 Å². The topological polar surface area (TPSA) is 44.4 Å². The lowest BCUT2D eigenvalue weighted by Crippen LogP contribution is -2.58. The van der Waals surface area contributed by atoms with E-state index in [1.807, 2.05) is 0 Å². The molecule has 134 valence electrons. The third kappa shape index (κ3) is 4.83. The summed E-state index contributed by atoms with van der Waals surface area (Å²) in [5, 5.41) is 6.70. The second-order valence-electron chi connectivity index (χ2n) is 7.57. The Morgan fingerprint density at radius 2 is 1.61 bits per heavy atom. The van der Waals surface area contributed by atoms with E-state index in [1.165, 1.54) is 64.5 Å².